The van der Waals surface area contributed by atoms with Gasteiger partial charge in [0.1, 0.15) is 7.85 Å². The van der Waals surface area contributed by atoms with E-state index in [-0.39, 0.29) is 0 Å². The molecule has 0 aromatic heterocycles. The maximum atomic E-state index is 2.54. The van der Waals surface area contributed by atoms with Crippen molar-refractivity contribution < 1.29 is 0 Å². The minimum absolute atomic E-state index is 0.316. The number of benzene rings is 1. The van der Waals surface area contributed by atoms with E-state index in [0.717, 1.165) is 0 Å². The summed E-state index contributed by atoms with van der Waals surface area (Å²) in [5.74, 6) is 0. The molecule has 0 N–H and O–H groups in total. The van der Waals surface area contributed by atoms with Crippen molar-refractivity contribution in [2.75, 3.05) is 0 Å². The molecule has 0 bridgehead atoms. The first-order valence-corrected chi connectivity index (χ1v) is 8.41. The van der Waals surface area contributed by atoms with Crippen molar-refractivity contribution in [3.05, 3.63) is 29.4 Å². The molecule has 17 heavy (non-hydrogen) atoms. The molecule has 0 heterocycles. The second-order valence-electron chi connectivity index (χ2n) is 5.15. The topological polar surface area (TPSA) is 0 Å². The standard InChI is InChI=1S/C14H21BI2/c1-6-14(15,7-2)11-12(16)9(4)8(3)10(5)13(11)17/h6-7,15H2,1-5H3. The molecule has 0 saturated heterocycles. The van der Waals surface area contributed by atoms with Gasteiger partial charge in [0, 0.05) is 7.14 Å². The molecule has 0 aliphatic heterocycles. The average molecular weight is 454 g/mol. The van der Waals surface area contributed by atoms with Crippen LogP contribution in [0, 0.1) is 27.9 Å². The van der Waals surface area contributed by atoms with Gasteiger partial charge in [-0.2, -0.15) is 0 Å². The number of hydrogen-bond acceptors (Lipinski definition) is 0. The number of halogens is 2. The molecular formula is C14H21BI2. The summed E-state index contributed by atoms with van der Waals surface area (Å²) >= 11 is 5.08. The van der Waals surface area contributed by atoms with Gasteiger partial charge in [0.2, 0.25) is 0 Å². The lowest BCUT2D eigenvalue weighted by molar-refractivity contribution is 0.558. The van der Waals surface area contributed by atoms with E-state index in [1.807, 2.05) is 0 Å². The zero-order valence-corrected chi connectivity index (χ0v) is 16.0. The van der Waals surface area contributed by atoms with E-state index in [2.05, 4.69) is 87.6 Å². The van der Waals surface area contributed by atoms with Crippen LogP contribution >= 0.6 is 45.2 Å². The van der Waals surface area contributed by atoms with Crippen LogP contribution in [0.5, 0.6) is 0 Å². The summed E-state index contributed by atoms with van der Waals surface area (Å²) in [6.45, 7) is 11.4. The van der Waals surface area contributed by atoms with Gasteiger partial charge in [-0.1, -0.05) is 26.7 Å². The molecule has 0 radical (unpaired) electrons. The summed E-state index contributed by atoms with van der Waals surface area (Å²) in [6, 6.07) is 0. The normalized spacial score (nSPS) is 11.9. The maximum Gasteiger partial charge on any atom is 0.115 e. The molecule has 1 aromatic carbocycles. The van der Waals surface area contributed by atoms with E-state index in [9.17, 15) is 0 Å². The third-order valence-corrected chi connectivity index (χ3v) is 7.08. The molecule has 0 aliphatic carbocycles. The fraction of sp³-hybridized carbons (Fsp3) is 0.571. The monoisotopic (exact) mass is 454 g/mol. The number of hydrogen-bond donors (Lipinski definition) is 0. The van der Waals surface area contributed by atoms with Gasteiger partial charge in [0.25, 0.3) is 0 Å². The number of rotatable bonds is 3. The molecule has 0 nitrogen and oxygen atoms in total. The van der Waals surface area contributed by atoms with Gasteiger partial charge >= 0.3 is 0 Å². The van der Waals surface area contributed by atoms with Gasteiger partial charge in [0.05, 0.1) is 0 Å². The van der Waals surface area contributed by atoms with E-state index in [1.54, 1.807) is 5.56 Å². The first-order chi connectivity index (χ1) is 7.80. The van der Waals surface area contributed by atoms with Gasteiger partial charge in [-0.3, -0.25) is 0 Å². The second kappa shape index (κ2) is 5.80. The Labute approximate surface area is 134 Å². The highest BCUT2D eigenvalue weighted by Crippen LogP contribution is 2.39. The van der Waals surface area contributed by atoms with Gasteiger partial charge in [-0.15, -0.1) is 0 Å². The van der Waals surface area contributed by atoms with Crippen LogP contribution in [0.4, 0.5) is 0 Å². The molecule has 0 saturated carbocycles. The smallest absolute Gasteiger partial charge is 0.0652 e. The average Bonchev–Trinajstić information content (AvgIpc) is 2.33. The summed E-state index contributed by atoms with van der Waals surface area (Å²) in [4.78, 5) is 0. The highest BCUT2D eigenvalue weighted by atomic mass is 127. The second-order valence-corrected chi connectivity index (χ2v) is 7.30. The summed E-state index contributed by atoms with van der Waals surface area (Å²) in [6.07, 6.45) is 2.41. The quantitative estimate of drug-likeness (QED) is 0.468. The molecule has 1 rings (SSSR count). The van der Waals surface area contributed by atoms with Crippen molar-refractivity contribution in [2.24, 2.45) is 0 Å². The zero-order chi connectivity index (χ0) is 13.4. The van der Waals surface area contributed by atoms with Crippen molar-refractivity contribution >= 4 is 53.0 Å². The Morgan fingerprint density at radius 3 is 1.53 bits per heavy atom. The van der Waals surface area contributed by atoms with Crippen LogP contribution in [-0.4, -0.2) is 7.85 Å². The van der Waals surface area contributed by atoms with Gasteiger partial charge < -0.3 is 0 Å². The van der Waals surface area contributed by atoms with Gasteiger partial charge in [-0.05, 0) is 93.5 Å². The lowest BCUT2D eigenvalue weighted by Gasteiger charge is -2.32. The SMILES string of the molecule is BC(CC)(CC)c1c(I)c(C)c(C)c(C)c1I. The summed E-state index contributed by atoms with van der Waals surface area (Å²) < 4.78 is 2.95. The van der Waals surface area contributed by atoms with E-state index in [4.69, 9.17) is 0 Å². The van der Waals surface area contributed by atoms with Crippen LogP contribution in [0.15, 0.2) is 0 Å². The predicted molar refractivity (Wildman–Crippen MR) is 96.9 cm³/mol. The molecule has 0 fully saturated rings. The Kier molecular flexibility index (Phi) is 5.39. The Balaban J connectivity index is 3.65. The predicted octanol–water partition coefficient (Wildman–Crippen LogP) is 4.47. The van der Waals surface area contributed by atoms with Crippen LogP contribution in [0.1, 0.15) is 48.9 Å². The fourth-order valence-corrected chi connectivity index (χ4v) is 5.38. The van der Waals surface area contributed by atoms with Gasteiger partial charge in [0.15, 0.2) is 0 Å². The Hall–Kier alpha value is 0.745. The van der Waals surface area contributed by atoms with Crippen molar-refractivity contribution in [1.29, 1.82) is 0 Å². The molecule has 0 atom stereocenters. The lowest BCUT2D eigenvalue weighted by Crippen LogP contribution is -2.28. The zero-order valence-electron chi connectivity index (χ0n) is 11.7. The van der Waals surface area contributed by atoms with Gasteiger partial charge in [-0.25, -0.2) is 0 Å². The van der Waals surface area contributed by atoms with Crippen molar-refractivity contribution in [3.8, 4) is 0 Å². The first kappa shape index (κ1) is 15.8. The first-order valence-electron chi connectivity index (χ1n) is 6.25. The summed E-state index contributed by atoms with van der Waals surface area (Å²) in [5, 5.41) is 0.316. The van der Waals surface area contributed by atoms with E-state index in [0.29, 0.717) is 5.31 Å². The minimum atomic E-state index is 0.316. The highest BCUT2D eigenvalue weighted by molar-refractivity contribution is 14.1. The summed E-state index contributed by atoms with van der Waals surface area (Å²) in [5.41, 5.74) is 5.96. The van der Waals surface area contributed by atoms with E-state index >= 15 is 0 Å². The van der Waals surface area contributed by atoms with Crippen LogP contribution in [0.25, 0.3) is 0 Å². The van der Waals surface area contributed by atoms with Crippen LogP contribution in [-0.2, 0) is 5.31 Å². The molecule has 0 spiro atoms. The Morgan fingerprint density at radius 1 is 0.882 bits per heavy atom. The van der Waals surface area contributed by atoms with E-state index in [1.165, 1.54) is 36.7 Å². The van der Waals surface area contributed by atoms with Crippen LogP contribution in [0.2, 0.25) is 0 Å². The van der Waals surface area contributed by atoms with Crippen LogP contribution < -0.4 is 0 Å². The molecule has 1 aromatic rings. The third-order valence-electron chi connectivity index (χ3n) is 4.39. The molecular weight excluding hydrogens is 433 g/mol. The third kappa shape index (κ3) is 2.70. The van der Waals surface area contributed by atoms with Crippen molar-refractivity contribution in [2.45, 2.75) is 52.8 Å². The molecule has 0 amide bonds. The minimum Gasteiger partial charge on any atom is -0.0652 e. The maximum absolute atomic E-state index is 2.54. The molecule has 94 valence electrons. The Bertz CT molecular complexity index is 405. The fourth-order valence-electron chi connectivity index (χ4n) is 2.22. The van der Waals surface area contributed by atoms with E-state index < -0.39 is 0 Å². The lowest BCUT2D eigenvalue weighted by atomic mass is 9.60. The van der Waals surface area contributed by atoms with Crippen LogP contribution in [0.3, 0.4) is 0 Å². The Morgan fingerprint density at radius 2 is 1.24 bits per heavy atom. The molecule has 0 aliphatic rings. The highest BCUT2D eigenvalue weighted by Gasteiger charge is 2.29. The van der Waals surface area contributed by atoms with Crippen molar-refractivity contribution in [3.63, 3.8) is 0 Å². The molecule has 0 unspecified atom stereocenters. The van der Waals surface area contributed by atoms with Crippen molar-refractivity contribution in [1.82, 2.24) is 0 Å². The largest absolute Gasteiger partial charge is 0.115 e. The summed E-state index contributed by atoms with van der Waals surface area (Å²) in [7, 11) is 2.40. The molecule has 3 heteroatoms.